The van der Waals surface area contributed by atoms with Crippen LogP contribution >= 0.6 is 0 Å². The molecule has 10 heteroatoms. The minimum Gasteiger partial charge on any atom is -0.370 e. The molecule has 0 amide bonds. The highest BCUT2D eigenvalue weighted by molar-refractivity contribution is 5.59. The fraction of sp³-hybridized carbons (Fsp3) is 0.500. The van der Waals surface area contributed by atoms with E-state index in [1.807, 2.05) is 13.1 Å². The van der Waals surface area contributed by atoms with Crippen molar-refractivity contribution in [2.75, 3.05) is 29.4 Å². The van der Waals surface area contributed by atoms with Crippen LogP contribution in [0.4, 0.5) is 30.5 Å². The van der Waals surface area contributed by atoms with Crippen molar-refractivity contribution in [1.29, 1.82) is 0 Å². The SMILES string of the molecule is Cc1cc(N2C[C@H]3CC[C@@H](C2)C3Cc2nc3n(n2)CCCN3c2ccc(F)c(F)c2F)cnn1. The van der Waals surface area contributed by atoms with Crippen LogP contribution in [0.2, 0.25) is 0 Å². The highest BCUT2D eigenvalue weighted by Gasteiger charge is 2.43. The smallest absolute Gasteiger partial charge is 0.228 e. The molecule has 2 fully saturated rings. The largest absolute Gasteiger partial charge is 0.370 e. The van der Waals surface area contributed by atoms with Gasteiger partial charge in [-0.15, -0.1) is 0 Å². The lowest BCUT2D eigenvalue weighted by Gasteiger charge is -2.39. The minimum absolute atomic E-state index is 0.00608. The second kappa shape index (κ2) is 8.25. The average molecular weight is 470 g/mol. The van der Waals surface area contributed by atoms with Crippen molar-refractivity contribution in [3.05, 3.63) is 53.4 Å². The number of nitrogens with zero attached hydrogens (tertiary/aromatic N) is 7. The summed E-state index contributed by atoms with van der Waals surface area (Å²) in [6.45, 7) is 5.06. The van der Waals surface area contributed by atoms with Crippen molar-refractivity contribution in [2.45, 2.75) is 39.2 Å². The number of fused-ring (bicyclic) bond motifs is 3. The van der Waals surface area contributed by atoms with E-state index in [9.17, 15) is 13.2 Å². The predicted molar refractivity (Wildman–Crippen MR) is 120 cm³/mol. The van der Waals surface area contributed by atoms with Gasteiger partial charge < -0.3 is 9.80 Å². The van der Waals surface area contributed by atoms with Crippen LogP contribution in [-0.4, -0.2) is 44.6 Å². The third-order valence-electron chi connectivity index (χ3n) is 7.57. The molecule has 0 radical (unpaired) electrons. The van der Waals surface area contributed by atoms with Crippen LogP contribution in [0, 0.1) is 42.1 Å². The van der Waals surface area contributed by atoms with E-state index in [0.29, 0.717) is 36.8 Å². The standard InChI is InChI=1S/C24H26F3N7/c1-14-9-17(11-28-30-14)32-12-15-3-4-16(13-32)18(15)10-21-29-24-33(7-2-8-34(24)31-21)20-6-5-19(25)22(26)23(20)27/h5-6,9,11,15-16,18H,2-4,7-8,10,12-13H2,1H3/t15-,16+,18?. The lowest BCUT2D eigenvalue weighted by atomic mass is 9.82. The molecule has 2 aliphatic heterocycles. The van der Waals surface area contributed by atoms with Gasteiger partial charge in [-0.2, -0.15) is 20.3 Å². The first-order valence-electron chi connectivity index (χ1n) is 11.9. The number of halogens is 3. The van der Waals surface area contributed by atoms with Crippen molar-refractivity contribution in [2.24, 2.45) is 17.8 Å². The molecule has 1 saturated heterocycles. The van der Waals surface area contributed by atoms with Crippen LogP contribution in [0.15, 0.2) is 24.4 Å². The van der Waals surface area contributed by atoms with Gasteiger partial charge in [-0.1, -0.05) is 0 Å². The van der Waals surface area contributed by atoms with E-state index in [2.05, 4.69) is 21.2 Å². The minimum atomic E-state index is -1.46. The van der Waals surface area contributed by atoms with Crippen LogP contribution in [0.5, 0.6) is 0 Å². The molecular formula is C24H26F3N7. The van der Waals surface area contributed by atoms with Gasteiger partial charge in [0.15, 0.2) is 23.3 Å². The zero-order chi connectivity index (χ0) is 23.4. The Morgan fingerprint density at radius 3 is 2.59 bits per heavy atom. The van der Waals surface area contributed by atoms with Crippen LogP contribution in [0.1, 0.15) is 30.8 Å². The summed E-state index contributed by atoms with van der Waals surface area (Å²) in [7, 11) is 0. The van der Waals surface area contributed by atoms with E-state index in [1.165, 1.54) is 18.9 Å². The van der Waals surface area contributed by atoms with Gasteiger partial charge >= 0.3 is 0 Å². The highest BCUT2D eigenvalue weighted by Crippen LogP contribution is 2.44. The Morgan fingerprint density at radius 2 is 1.82 bits per heavy atom. The molecular weight excluding hydrogens is 443 g/mol. The monoisotopic (exact) mass is 469 g/mol. The summed E-state index contributed by atoms with van der Waals surface area (Å²) in [5, 5.41) is 12.9. The molecule has 1 unspecified atom stereocenters. The number of piperidine rings is 1. The number of hydrogen-bond donors (Lipinski definition) is 0. The molecule has 2 bridgehead atoms. The summed E-state index contributed by atoms with van der Waals surface area (Å²) < 4.78 is 43.6. The van der Waals surface area contributed by atoms with Crippen LogP contribution in [0.3, 0.4) is 0 Å². The molecule has 1 saturated carbocycles. The van der Waals surface area contributed by atoms with Gasteiger partial charge in [0.25, 0.3) is 0 Å². The van der Waals surface area contributed by atoms with Gasteiger partial charge in [-0.25, -0.2) is 17.9 Å². The summed E-state index contributed by atoms with van der Waals surface area (Å²) >= 11 is 0. The molecule has 2 aromatic heterocycles. The Kier molecular flexibility index (Phi) is 5.18. The number of anilines is 3. The molecule has 3 aromatic rings. The number of aryl methyl sites for hydroxylation is 2. The van der Waals surface area contributed by atoms with Crippen LogP contribution < -0.4 is 9.80 Å². The summed E-state index contributed by atoms with van der Waals surface area (Å²) in [5.74, 6) is -1.03. The second-order valence-electron chi connectivity index (χ2n) is 9.68. The quantitative estimate of drug-likeness (QED) is 0.538. The summed E-state index contributed by atoms with van der Waals surface area (Å²) in [6, 6.07) is 4.31. The maximum absolute atomic E-state index is 14.5. The van der Waals surface area contributed by atoms with E-state index in [0.717, 1.165) is 49.2 Å². The van der Waals surface area contributed by atoms with E-state index in [-0.39, 0.29) is 5.69 Å². The van der Waals surface area contributed by atoms with Gasteiger partial charge in [0.1, 0.15) is 0 Å². The molecule has 3 atom stereocenters. The number of hydrogen-bond acceptors (Lipinski definition) is 6. The van der Waals surface area contributed by atoms with E-state index in [4.69, 9.17) is 10.1 Å². The number of benzene rings is 1. The van der Waals surface area contributed by atoms with E-state index >= 15 is 0 Å². The van der Waals surface area contributed by atoms with Gasteiger partial charge in [-0.05, 0) is 62.1 Å². The zero-order valence-corrected chi connectivity index (χ0v) is 19.0. The first kappa shape index (κ1) is 21.4. The first-order valence-corrected chi connectivity index (χ1v) is 11.9. The number of aromatic nitrogens is 5. The normalized spacial score (nSPS) is 23.9. The highest BCUT2D eigenvalue weighted by atomic mass is 19.2. The average Bonchev–Trinajstić information content (AvgIpc) is 3.33. The molecule has 3 aliphatic rings. The van der Waals surface area contributed by atoms with Crippen molar-refractivity contribution in [3.8, 4) is 0 Å². The molecule has 6 rings (SSSR count). The van der Waals surface area contributed by atoms with Gasteiger partial charge in [0.05, 0.1) is 23.3 Å². The maximum atomic E-state index is 14.5. The number of rotatable bonds is 4. The topological polar surface area (TPSA) is 63.0 Å². The lowest BCUT2D eigenvalue weighted by molar-refractivity contribution is 0.265. The lowest BCUT2D eigenvalue weighted by Crippen LogP contribution is -2.43. The Bertz CT molecular complexity index is 1220. The fourth-order valence-corrected chi connectivity index (χ4v) is 5.97. The van der Waals surface area contributed by atoms with Gasteiger partial charge in [0, 0.05) is 32.6 Å². The molecule has 34 heavy (non-hydrogen) atoms. The van der Waals surface area contributed by atoms with Crippen molar-refractivity contribution >= 4 is 17.3 Å². The Balaban J connectivity index is 1.22. The van der Waals surface area contributed by atoms with E-state index in [1.54, 1.807) is 9.58 Å². The molecule has 1 aliphatic carbocycles. The zero-order valence-electron chi connectivity index (χ0n) is 19.0. The molecule has 178 valence electrons. The fourth-order valence-electron chi connectivity index (χ4n) is 5.97. The van der Waals surface area contributed by atoms with Crippen molar-refractivity contribution in [1.82, 2.24) is 25.0 Å². The predicted octanol–water partition coefficient (Wildman–Crippen LogP) is 4.04. The molecule has 0 spiro atoms. The third-order valence-corrected chi connectivity index (χ3v) is 7.57. The maximum Gasteiger partial charge on any atom is 0.228 e. The van der Waals surface area contributed by atoms with Crippen LogP contribution in [-0.2, 0) is 13.0 Å². The summed E-state index contributed by atoms with van der Waals surface area (Å²) in [4.78, 5) is 8.77. The molecule has 4 heterocycles. The summed E-state index contributed by atoms with van der Waals surface area (Å²) in [5.41, 5.74) is 2.04. The van der Waals surface area contributed by atoms with Gasteiger partial charge in [0.2, 0.25) is 5.95 Å². The Morgan fingerprint density at radius 1 is 1.03 bits per heavy atom. The van der Waals surface area contributed by atoms with Crippen molar-refractivity contribution < 1.29 is 13.2 Å². The molecule has 0 N–H and O–H groups in total. The van der Waals surface area contributed by atoms with Crippen LogP contribution in [0.25, 0.3) is 0 Å². The van der Waals surface area contributed by atoms with Crippen molar-refractivity contribution in [3.63, 3.8) is 0 Å². The third kappa shape index (κ3) is 3.59. The molecule has 7 nitrogen and oxygen atoms in total. The Labute approximate surface area is 195 Å². The summed E-state index contributed by atoms with van der Waals surface area (Å²) in [6.07, 6.45) is 5.69. The van der Waals surface area contributed by atoms with Gasteiger partial charge in [-0.3, -0.25) is 0 Å². The Hall–Kier alpha value is -3.17. The first-order chi connectivity index (χ1) is 16.5. The molecule has 1 aromatic carbocycles. The second-order valence-corrected chi connectivity index (χ2v) is 9.68. The van der Waals surface area contributed by atoms with E-state index < -0.39 is 17.5 Å².